The van der Waals surface area contributed by atoms with E-state index in [-0.39, 0.29) is 0 Å². The van der Waals surface area contributed by atoms with Crippen LogP contribution >= 0.6 is 0 Å². The zero-order chi connectivity index (χ0) is 11.1. The fourth-order valence-corrected chi connectivity index (χ4v) is 2.76. The SMILES string of the molecule is Cn1nc(N)c2c1CN(C1CCOCC1)C2. The molecule has 1 aromatic heterocycles. The first-order chi connectivity index (χ1) is 7.75. The largest absolute Gasteiger partial charge is 0.382 e. The highest BCUT2D eigenvalue weighted by molar-refractivity contribution is 5.44. The number of nitrogen functional groups attached to an aromatic ring is 1. The van der Waals surface area contributed by atoms with E-state index in [2.05, 4.69) is 10.00 Å². The van der Waals surface area contributed by atoms with E-state index in [0.29, 0.717) is 11.9 Å². The lowest BCUT2D eigenvalue weighted by Gasteiger charge is -2.30. The van der Waals surface area contributed by atoms with Crippen molar-refractivity contribution >= 4 is 5.82 Å². The molecule has 0 bridgehead atoms. The molecule has 0 radical (unpaired) electrons. The third kappa shape index (κ3) is 1.51. The van der Waals surface area contributed by atoms with Crippen molar-refractivity contribution in [2.45, 2.75) is 32.0 Å². The second kappa shape index (κ2) is 3.75. The summed E-state index contributed by atoms with van der Waals surface area (Å²) < 4.78 is 7.32. The lowest BCUT2D eigenvalue weighted by atomic mass is 10.1. The number of fused-ring (bicyclic) bond motifs is 1. The van der Waals surface area contributed by atoms with E-state index in [4.69, 9.17) is 10.5 Å². The monoisotopic (exact) mass is 222 g/mol. The molecule has 0 amide bonds. The molecule has 88 valence electrons. The summed E-state index contributed by atoms with van der Waals surface area (Å²) in [6.07, 6.45) is 2.28. The summed E-state index contributed by atoms with van der Waals surface area (Å²) in [6, 6.07) is 0.653. The zero-order valence-electron chi connectivity index (χ0n) is 9.65. The number of aryl methyl sites for hydroxylation is 1. The Morgan fingerprint density at radius 2 is 2.06 bits per heavy atom. The Labute approximate surface area is 95.2 Å². The molecule has 3 rings (SSSR count). The summed E-state index contributed by atoms with van der Waals surface area (Å²) in [5.41, 5.74) is 8.41. The highest BCUT2D eigenvalue weighted by Gasteiger charge is 2.31. The lowest BCUT2D eigenvalue weighted by molar-refractivity contribution is 0.0320. The maximum Gasteiger partial charge on any atom is 0.150 e. The number of hydrogen-bond donors (Lipinski definition) is 1. The van der Waals surface area contributed by atoms with Gasteiger partial charge in [-0.05, 0) is 12.8 Å². The van der Waals surface area contributed by atoms with Gasteiger partial charge in [-0.25, -0.2) is 0 Å². The van der Waals surface area contributed by atoms with Gasteiger partial charge in [0.15, 0.2) is 0 Å². The predicted molar refractivity (Wildman–Crippen MR) is 60.7 cm³/mol. The van der Waals surface area contributed by atoms with Crippen molar-refractivity contribution < 1.29 is 4.74 Å². The molecule has 5 heteroatoms. The van der Waals surface area contributed by atoms with Gasteiger partial charge in [0.25, 0.3) is 0 Å². The van der Waals surface area contributed by atoms with E-state index in [0.717, 1.165) is 39.1 Å². The van der Waals surface area contributed by atoms with E-state index >= 15 is 0 Å². The Balaban J connectivity index is 1.77. The van der Waals surface area contributed by atoms with Gasteiger partial charge in [0.05, 0.1) is 5.69 Å². The van der Waals surface area contributed by atoms with Crippen LogP contribution in [-0.2, 0) is 24.9 Å². The highest BCUT2D eigenvalue weighted by atomic mass is 16.5. The van der Waals surface area contributed by atoms with Crippen molar-refractivity contribution in [1.82, 2.24) is 14.7 Å². The van der Waals surface area contributed by atoms with Crippen molar-refractivity contribution in [2.24, 2.45) is 7.05 Å². The fraction of sp³-hybridized carbons (Fsp3) is 0.727. The number of rotatable bonds is 1. The van der Waals surface area contributed by atoms with Crippen LogP contribution in [0.1, 0.15) is 24.1 Å². The second-order valence-electron chi connectivity index (χ2n) is 4.68. The van der Waals surface area contributed by atoms with Crippen LogP contribution in [0.5, 0.6) is 0 Å². The molecular formula is C11H18N4O. The molecule has 1 fully saturated rings. The van der Waals surface area contributed by atoms with Crippen LogP contribution in [0.15, 0.2) is 0 Å². The van der Waals surface area contributed by atoms with Gasteiger partial charge in [-0.2, -0.15) is 5.10 Å². The van der Waals surface area contributed by atoms with Crippen molar-refractivity contribution in [3.8, 4) is 0 Å². The molecule has 0 atom stereocenters. The molecule has 0 aromatic carbocycles. The first-order valence-electron chi connectivity index (χ1n) is 5.87. The number of aromatic nitrogens is 2. The molecule has 2 N–H and O–H groups in total. The van der Waals surface area contributed by atoms with Gasteiger partial charge < -0.3 is 10.5 Å². The standard InChI is InChI=1S/C11H18N4O/c1-14-10-7-15(6-9(10)11(12)13-14)8-2-4-16-5-3-8/h8H,2-7H2,1H3,(H2,12,13). The smallest absolute Gasteiger partial charge is 0.150 e. The van der Waals surface area contributed by atoms with Gasteiger partial charge >= 0.3 is 0 Å². The molecule has 0 unspecified atom stereocenters. The van der Waals surface area contributed by atoms with Crippen LogP contribution in [0.4, 0.5) is 5.82 Å². The van der Waals surface area contributed by atoms with E-state index in [1.807, 2.05) is 11.7 Å². The van der Waals surface area contributed by atoms with E-state index in [9.17, 15) is 0 Å². The summed E-state index contributed by atoms with van der Waals surface area (Å²) in [5.74, 6) is 0.701. The quantitative estimate of drug-likeness (QED) is 0.751. The van der Waals surface area contributed by atoms with Crippen LogP contribution in [-0.4, -0.2) is 33.9 Å². The summed E-state index contributed by atoms with van der Waals surface area (Å²) in [4.78, 5) is 2.51. The summed E-state index contributed by atoms with van der Waals surface area (Å²) in [6.45, 7) is 3.73. The highest BCUT2D eigenvalue weighted by Crippen LogP contribution is 2.30. The fourth-order valence-electron chi connectivity index (χ4n) is 2.76. The third-order valence-corrected chi connectivity index (χ3v) is 3.73. The van der Waals surface area contributed by atoms with Gasteiger partial charge in [0, 0.05) is 45.0 Å². The van der Waals surface area contributed by atoms with Gasteiger partial charge in [0.1, 0.15) is 5.82 Å². The summed E-state index contributed by atoms with van der Waals surface area (Å²) in [7, 11) is 1.97. The normalized spacial score (nSPS) is 22.6. The Bertz CT molecular complexity index is 368. The molecule has 5 nitrogen and oxygen atoms in total. The van der Waals surface area contributed by atoms with Gasteiger partial charge in [-0.1, -0.05) is 0 Å². The summed E-state index contributed by atoms with van der Waals surface area (Å²) >= 11 is 0. The molecule has 0 saturated carbocycles. The third-order valence-electron chi connectivity index (χ3n) is 3.73. The summed E-state index contributed by atoms with van der Waals surface area (Å²) in [5, 5.41) is 4.26. The maximum absolute atomic E-state index is 5.90. The van der Waals surface area contributed by atoms with Crippen molar-refractivity contribution in [3.63, 3.8) is 0 Å². The minimum absolute atomic E-state index is 0.653. The van der Waals surface area contributed by atoms with Gasteiger partial charge in [-0.3, -0.25) is 9.58 Å². The predicted octanol–water partition coefficient (Wildman–Crippen LogP) is 0.497. The topological polar surface area (TPSA) is 56.3 Å². The molecule has 16 heavy (non-hydrogen) atoms. The molecule has 1 saturated heterocycles. The number of nitrogens with two attached hydrogens (primary N) is 1. The Morgan fingerprint density at radius 1 is 1.31 bits per heavy atom. The molecule has 3 heterocycles. The van der Waals surface area contributed by atoms with Crippen molar-refractivity contribution in [2.75, 3.05) is 18.9 Å². The van der Waals surface area contributed by atoms with Crippen LogP contribution in [0.2, 0.25) is 0 Å². The van der Waals surface area contributed by atoms with Gasteiger partial charge in [-0.15, -0.1) is 0 Å². The van der Waals surface area contributed by atoms with E-state index in [1.54, 1.807) is 0 Å². The van der Waals surface area contributed by atoms with Crippen LogP contribution in [0.3, 0.4) is 0 Å². The number of ether oxygens (including phenoxy) is 1. The lowest BCUT2D eigenvalue weighted by Crippen LogP contribution is -2.36. The first-order valence-corrected chi connectivity index (χ1v) is 5.87. The molecule has 1 aromatic rings. The average Bonchev–Trinajstić information content (AvgIpc) is 2.83. The van der Waals surface area contributed by atoms with Crippen molar-refractivity contribution in [1.29, 1.82) is 0 Å². The van der Waals surface area contributed by atoms with Crippen molar-refractivity contribution in [3.05, 3.63) is 11.3 Å². The Kier molecular flexibility index (Phi) is 2.37. The number of nitrogens with zero attached hydrogens (tertiary/aromatic N) is 3. The minimum Gasteiger partial charge on any atom is -0.382 e. The number of anilines is 1. The van der Waals surface area contributed by atoms with Crippen LogP contribution in [0, 0.1) is 0 Å². The molecule has 2 aliphatic heterocycles. The van der Waals surface area contributed by atoms with Crippen LogP contribution < -0.4 is 5.73 Å². The average molecular weight is 222 g/mol. The van der Waals surface area contributed by atoms with Gasteiger partial charge in [0.2, 0.25) is 0 Å². The Hall–Kier alpha value is -1.07. The molecule has 2 aliphatic rings. The number of hydrogen-bond acceptors (Lipinski definition) is 4. The second-order valence-corrected chi connectivity index (χ2v) is 4.68. The van der Waals surface area contributed by atoms with Crippen LogP contribution in [0.25, 0.3) is 0 Å². The Morgan fingerprint density at radius 3 is 2.75 bits per heavy atom. The first kappa shape index (κ1) is 10.1. The van der Waals surface area contributed by atoms with E-state index < -0.39 is 0 Å². The molecule has 0 spiro atoms. The maximum atomic E-state index is 5.90. The zero-order valence-corrected chi connectivity index (χ0v) is 9.65. The van der Waals surface area contributed by atoms with E-state index in [1.165, 1.54) is 11.3 Å². The minimum atomic E-state index is 0.653. The molecular weight excluding hydrogens is 204 g/mol. The molecule has 0 aliphatic carbocycles.